The molecule has 136 valence electrons. The zero-order chi connectivity index (χ0) is 18.1. The van der Waals surface area contributed by atoms with Gasteiger partial charge in [0.1, 0.15) is 11.9 Å². The fraction of sp³-hybridized carbons (Fsp3) is 0.529. The first-order valence-electron chi connectivity index (χ1n) is 8.14. The monoisotopic (exact) mass is 386 g/mol. The first kappa shape index (κ1) is 18.3. The van der Waals surface area contributed by atoms with Crippen LogP contribution < -0.4 is 10.5 Å². The Hall–Kier alpha value is -1.50. The Morgan fingerprint density at radius 3 is 2.88 bits per heavy atom. The number of halogens is 2. The number of hydrogen-bond donors (Lipinski definition) is 1. The van der Waals surface area contributed by atoms with Crippen molar-refractivity contribution >= 4 is 35.0 Å². The van der Waals surface area contributed by atoms with E-state index in [0.29, 0.717) is 35.4 Å². The molecule has 1 aromatic carbocycles. The van der Waals surface area contributed by atoms with Crippen LogP contribution in [0.3, 0.4) is 0 Å². The Balaban J connectivity index is 1.79. The van der Waals surface area contributed by atoms with E-state index < -0.39 is 12.0 Å². The molecule has 25 heavy (non-hydrogen) atoms. The number of methoxy groups -OCH3 is 1. The van der Waals surface area contributed by atoms with E-state index in [1.54, 1.807) is 24.1 Å². The minimum atomic E-state index is -0.769. The average Bonchev–Trinajstić information content (AvgIpc) is 2.59. The number of primary amides is 1. The lowest BCUT2D eigenvalue weighted by molar-refractivity contribution is -0.164. The standard InChI is InChI=1S/C17H20Cl2N2O4/c1-24-12-3-2-11(18)16(19)15(12)9-4-5-21-10(6-9)8-25-13(17(21)23)7-14(20)22/h2-3,9-10,13H,4-8H2,1H3,(H2,20,22)/t9-,10+,13?/m1/s1. The molecule has 2 heterocycles. The normalized spacial score (nSPS) is 26.3. The van der Waals surface area contributed by atoms with E-state index in [4.69, 9.17) is 38.4 Å². The van der Waals surface area contributed by atoms with Gasteiger partial charge in [-0.2, -0.15) is 0 Å². The van der Waals surface area contributed by atoms with Crippen LogP contribution in [0.5, 0.6) is 5.75 Å². The number of hydrogen-bond acceptors (Lipinski definition) is 4. The van der Waals surface area contributed by atoms with Crippen LogP contribution in [0.25, 0.3) is 0 Å². The molecule has 0 spiro atoms. The first-order chi connectivity index (χ1) is 11.9. The molecule has 2 aliphatic rings. The van der Waals surface area contributed by atoms with E-state index in [9.17, 15) is 9.59 Å². The molecule has 2 aliphatic heterocycles. The van der Waals surface area contributed by atoms with Crippen LogP contribution in [0.2, 0.25) is 10.0 Å². The van der Waals surface area contributed by atoms with Gasteiger partial charge < -0.3 is 20.1 Å². The van der Waals surface area contributed by atoms with Gasteiger partial charge in [-0.05, 0) is 30.9 Å². The van der Waals surface area contributed by atoms with Crippen LogP contribution in [-0.2, 0) is 14.3 Å². The van der Waals surface area contributed by atoms with E-state index in [-0.39, 0.29) is 24.3 Å². The second kappa shape index (κ2) is 7.40. The summed E-state index contributed by atoms with van der Waals surface area (Å²) < 4.78 is 11.0. The quantitative estimate of drug-likeness (QED) is 0.860. The van der Waals surface area contributed by atoms with Crippen molar-refractivity contribution in [2.24, 2.45) is 5.73 Å². The molecule has 1 unspecified atom stereocenters. The minimum Gasteiger partial charge on any atom is -0.496 e. The maximum absolute atomic E-state index is 12.5. The maximum Gasteiger partial charge on any atom is 0.252 e. The molecule has 0 aliphatic carbocycles. The predicted octanol–water partition coefficient (Wildman–Crippen LogP) is 2.35. The van der Waals surface area contributed by atoms with Crippen molar-refractivity contribution in [1.82, 2.24) is 4.90 Å². The third-order valence-corrected chi connectivity index (χ3v) is 5.69. The molecule has 3 rings (SSSR count). The number of carbonyl (C=O) groups is 2. The highest BCUT2D eigenvalue weighted by atomic mass is 35.5. The third-order valence-electron chi connectivity index (χ3n) is 4.87. The molecule has 0 bridgehead atoms. The van der Waals surface area contributed by atoms with Crippen molar-refractivity contribution in [2.45, 2.75) is 37.3 Å². The van der Waals surface area contributed by atoms with Gasteiger partial charge in [-0.25, -0.2) is 0 Å². The van der Waals surface area contributed by atoms with Crippen molar-refractivity contribution in [2.75, 3.05) is 20.3 Å². The summed E-state index contributed by atoms with van der Waals surface area (Å²) in [7, 11) is 1.60. The number of rotatable bonds is 4. The Bertz CT molecular complexity index is 697. The van der Waals surface area contributed by atoms with Crippen LogP contribution in [0.15, 0.2) is 12.1 Å². The second-order valence-electron chi connectivity index (χ2n) is 6.38. The molecule has 2 saturated heterocycles. The topological polar surface area (TPSA) is 81.9 Å². The molecule has 2 fully saturated rings. The summed E-state index contributed by atoms with van der Waals surface area (Å²) in [6.07, 6.45) is 0.585. The lowest BCUT2D eigenvalue weighted by atomic mass is 9.84. The molecule has 0 radical (unpaired) electrons. The number of amides is 2. The maximum atomic E-state index is 12.5. The van der Waals surface area contributed by atoms with Crippen molar-refractivity contribution in [3.63, 3.8) is 0 Å². The lowest BCUT2D eigenvalue weighted by Gasteiger charge is -2.44. The number of fused-ring (bicyclic) bond motifs is 1. The van der Waals surface area contributed by atoms with Gasteiger partial charge in [0.25, 0.3) is 5.91 Å². The summed E-state index contributed by atoms with van der Waals surface area (Å²) in [6.45, 7) is 0.944. The molecule has 1 aromatic rings. The van der Waals surface area contributed by atoms with E-state index in [0.717, 1.165) is 12.0 Å². The number of morpholine rings is 1. The Kier molecular flexibility index (Phi) is 5.41. The Morgan fingerprint density at radius 1 is 1.44 bits per heavy atom. The number of benzene rings is 1. The zero-order valence-electron chi connectivity index (χ0n) is 13.8. The molecule has 0 saturated carbocycles. The third kappa shape index (κ3) is 3.57. The SMILES string of the molecule is COc1ccc(Cl)c(Cl)c1[C@@H]1CCN2C(=O)C(CC(N)=O)OC[C@@H]2C1. The summed E-state index contributed by atoms with van der Waals surface area (Å²) in [4.78, 5) is 25.4. The van der Waals surface area contributed by atoms with Gasteiger partial charge in [0.15, 0.2) is 0 Å². The summed E-state index contributed by atoms with van der Waals surface area (Å²) in [5.41, 5.74) is 6.06. The van der Waals surface area contributed by atoms with Gasteiger partial charge in [0.2, 0.25) is 5.91 Å². The number of ether oxygens (including phenoxy) is 2. The van der Waals surface area contributed by atoms with Gasteiger partial charge in [0, 0.05) is 12.1 Å². The molecule has 3 atom stereocenters. The molecule has 6 nitrogen and oxygen atoms in total. The second-order valence-corrected chi connectivity index (χ2v) is 7.16. The average molecular weight is 387 g/mol. The van der Waals surface area contributed by atoms with Crippen LogP contribution in [0.4, 0.5) is 0 Å². The molecule has 2 amide bonds. The van der Waals surface area contributed by atoms with Gasteiger partial charge in [0.05, 0.1) is 36.2 Å². The van der Waals surface area contributed by atoms with Gasteiger partial charge in [-0.15, -0.1) is 0 Å². The summed E-state index contributed by atoms with van der Waals surface area (Å²) in [5, 5.41) is 0.978. The fourth-order valence-electron chi connectivity index (χ4n) is 3.68. The number of piperidine rings is 1. The number of nitrogens with two attached hydrogens (primary N) is 1. The zero-order valence-corrected chi connectivity index (χ0v) is 15.3. The summed E-state index contributed by atoms with van der Waals surface area (Å²) >= 11 is 12.6. The van der Waals surface area contributed by atoms with Crippen molar-refractivity contribution < 1.29 is 19.1 Å². The molecule has 0 aromatic heterocycles. The highest BCUT2D eigenvalue weighted by Crippen LogP contribution is 2.44. The van der Waals surface area contributed by atoms with Crippen molar-refractivity contribution in [3.05, 3.63) is 27.7 Å². The molecule has 2 N–H and O–H groups in total. The van der Waals surface area contributed by atoms with E-state index in [2.05, 4.69) is 0 Å². The van der Waals surface area contributed by atoms with E-state index in [1.165, 1.54) is 0 Å². The van der Waals surface area contributed by atoms with Crippen LogP contribution in [0.1, 0.15) is 30.7 Å². The van der Waals surface area contributed by atoms with Crippen LogP contribution in [-0.4, -0.2) is 49.1 Å². The lowest BCUT2D eigenvalue weighted by Crippen LogP contribution is -2.57. The van der Waals surface area contributed by atoms with Gasteiger partial charge in [-0.1, -0.05) is 23.2 Å². The van der Waals surface area contributed by atoms with E-state index in [1.807, 2.05) is 0 Å². The minimum absolute atomic E-state index is 0.0601. The largest absolute Gasteiger partial charge is 0.496 e. The molecular weight excluding hydrogens is 367 g/mol. The highest BCUT2D eigenvalue weighted by Gasteiger charge is 2.41. The number of nitrogens with zero attached hydrogens (tertiary/aromatic N) is 1. The summed E-state index contributed by atoms with van der Waals surface area (Å²) in [6, 6.07) is 3.46. The highest BCUT2D eigenvalue weighted by molar-refractivity contribution is 6.42. The fourth-order valence-corrected chi connectivity index (χ4v) is 4.16. The van der Waals surface area contributed by atoms with E-state index >= 15 is 0 Å². The van der Waals surface area contributed by atoms with Crippen molar-refractivity contribution in [1.29, 1.82) is 0 Å². The smallest absolute Gasteiger partial charge is 0.252 e. The van der Waals surface area contributed by atoms with Crippen LogP contribution in [0, 0.1) is 0 Å². The summed E-state index contributed by atoms with van der Waals surface area (Å²) in [5.74, 6) is 0.105. The predicted molar refractivity (Wildman–Crippen MR) is 94.0 cm³/mol. The Labute approximate surface area is 156 Å². The van der Waals surface area contributed by atoms with Gasteiger partial charge in [-0.3, -0.25) is 9.59 Å². The number of carbonyl (C=O) groups excluding carboxylic acids is 2. The first-order valence-corrected chi connectivity index (χ1v) is 8.90. The Morgan fingerprint density at radius 2 is 2.20 bits per heavy atom. The van der Waals surface area contributed by atoms with Crippen LogP contribution >= 0.6 is 23.2 Å². The van der Waals surface area contributed by atoms with Gasteiger partial charge >= 0.3 is 0 Å². The van der Waals surface area contributed by atoms with Crippen molar-refractivity contribution in [3.8, 4) is 5.75 Å². The molecular formula is C17H20Cl2N2O4. The molecule has 8 heteroatoms.